The molecule has 0 aliphatic heterocycles. The van der Waals surface area contributed by atoms with E-state index in [1.807, 2.05) is 24.3 Å². The molecule has 0 aromatic heterocycles. The van der Waals surface area contributed by atoms with Crippen LogP contribution >= 0.6 is 0 Å². The van der Waals surface area contributed by atoms with Crippen LogP contribution in [0, 0.1) is 5.82 Å². The van der Waals surface area contributed by atoms with E-state index in [1.54, 1.807) is 25.1 Å². The first-order valence-corrected chi connectivity index (χ1v) is 7.65. The minimum atomic E-state index is -0.770. The van der Waals surface area contributed by atoms with Gasteiger partial charge in [-0.05, 0) is 36.9 Å². The largest absolute Gasteiger partial charge is 0.497 e. The summed E-state index contributed by atoms with van der Waals surface area (Å²) in [5.41, 5.74) is 1.02. The zero-order valence-electron chi connectivity index (χ0n) is 14.1. The third kappa shape index (κ3) is 5.89. The Morgan fingerprint density at radius 3 is 2.44 bits per heavy atom. The number of nitrogens with zero attached hydrogens (tertiary/aromatic N) is 1. The van der Waals surface area contributed by atoms with Crippen LogP contribution in [0.25, 0.3) is 0 Å². The van der Waals surface area contributed by atoms with Crippen LogP contribution in [0.15, 0.2) is 48.5 Å². The Kier molecular flexibility index (Phi) is 6.47. The average molecular weight is 345 g/mol. The van der Waals surface area contributed by atoms with Crippen molar-refractivity contribution < 1.29 is 18.7 Å². The fourth-order valence-electron chi connectivity index (χ4n) is 2.23. The lowest BCUT2D eigenvalue weighted by Gasteiger charge is -2.16. The van der Waals surface area contributed by atoms with Gasteiger partial charge in [0.2, 0.25) is 5.91 Å². The van der Waals surface area contributed by atoms with Crippen molar-refractivity contribution in [2.75, 3.05) is 26.0 Å². The number of hydrogen-bond acceptors (Lipinski definition) is 4. The number of carbonyl (C=O) groups is 2. The maximum absolute atomic E-state index is 13.4. The van der Waals surface area contributed by atoms with Crippen molar-refractivity contribution in [3.63, 3.8) is 0 Å². The molecule has 0 aliphatic rings. The summed E-state index contributed by atoms with van der Waals surface area (Å²) >= 11 is 0. The van der Waals surface area contributed by atoms with Crippen LogP contribution in [0.2, 0.25) is 0 Å². The van der Waals surface area contributed by atoms with E-state index in [4.69, 9.17) is 4.74 Å². The summed E-state index contributed by atoms with van der Waals surface area (Å²) in [5.74, 6) is -0.291. The first-order valence-electron chi connectivity index (χ1n) is 7.65. The maximum atomic E-state index is 13.4. The van der Waals surface area contributed by atoms with Crippen LogP contribution in [0.4, 0.5) is 14.9 Å². The third-order valence-electron chi connectivity index (χ3n) is 3.40. The van der Waals surface area contributed by atoms with E-state index in [0.29, 0.717) is 6.54 Å². The van der Waals surface area contributed by atoms with Crippen LogP contribution in [-0.4, -0.2) is 37.5 Å². The first kappa shape index (κ1) is 18.4. The van der Waals surface area contributed by atoms with Crippen molar-refractivity contribution in [1.29, 1.82) is 0 Å². The number of nitrogens with one attached hydrogen (secondary N) is 2. The molecule has 2 aromatic rings. The highest BCUT2D eigenvalue weighted by atomic mass is 19.1. The van der Waals surface area contributed by atoms with E-state index in [-0.39, 0.29) is 12.2 Å². The van der Waals surface area contributed by atoms with E-state index >= 15 is 0 Å². The minimum Gasteiger partial charge on any atom is -0.497 e. The number of methoxy groups -OCH3 is 1. The van der Waals surface area contributed by atoms with Gasteiger partial charge in [0.25, 0.3) is 0 Å². The lowest BCUT2D eigenvalue weighted by molar-refractivity contribution is -0.120. The highest BCUT2D eigenvalue weighted by molar-refractivity contribution is 6.01. The smallest absolute Gasteiger partial charge is 0.326 e. The quantitative estimate of drug-likeness (QED) is 0.844. The van der Waals surface area contributed by atoms with Crippen LogP contribution in [0.5, 0.6) is 5.75 Å². The van der Waals surface area contributed by atoms with Gasteiger partial charge >= 0.3 is 6.03 Å². The van der Waals surface area contributed by atoms with Gasteiger partial charge in [-0.2, -0.15) is 0 Å². The lowest BCUT2D eigenvalue weighted by Crippen LogP contribution is -2.40. The minimum absolute atomic E-state index is 0.0133. The van der Waals surface area contributed by atoms with Gasteiger partial charge in [0.1, 0.15) is 11.6 Å². The summed E-state index contributed by atoms with van der Waals surface area (Å²) < 4.78 is 18.5. The molecule has 0 spiro atoms. The number of amides is 3. The number of halogens is 1. The second-order valence-electron chi connectivity index (χ2n) is 5.50. The molecule has 0 saturated carbocycles. The summed E-state index contributed by atoms with van der Waals surface area (Å²) in [6, 6.07) is 12.4. The number of imide groups is 1. The molecule has 0 radical (unpaired) electrons. The molecule has 2 aromatic carbocycles. The maximum Gasteiger partial charge on any atom is 0.326 e. The molecular formula is C18H20FN3O3. The van der Waals surface area contributed by atoms with E-state index in [9.17, 15) is 14.0 Å². The highest BCUT2D eigenvalue weighted by Gasteiger charge is 2.12. The predicted octanol–water partition coefficient (Wildman–Crippen LogP) is 2.61. The Labute approximate surface area is 145 Å². The molecule has 0 unspecified atom stereocenters. The Balaban J connectivity index is 1.80. The molecule has 132 valence electrons. The fraction of sp³-hybridized carbons (Fsp3) is 0.222. The van der Waals surface area contributed by atoms with Crippen LogP contribution < -0.4 is 15.4 Å². The first-order chi connectivity index (χ1) is 12.0. The van der Waals surface area contributed by atoms with E-state index < -0.39 is 17.8 Å². The van der Waals surface area contributed by atoms with Crippen molar-refractivity contribution >= 4 is 17.6 Å². The Hall–Kier alpha value is -2.93. The predicted molar refractivity (Wildman–Crippen MR) is 92.9 cm³/mol. The molecule has 0 aliphatic carbocycles. The van der Waals surface area contributed by atoms with Crippen LogP contribution in [-0.2, 0) is 11.3 Å². The van der Waals surface area contributed by atoms with Crippen molar-refractivity contribution in [1.82, 2.24) is 10.2 Å². The number of carbonyl (C=O) groups excluding carboxylic acids is 2. The summed E-state index contributed by atoms with van der Waals surface area (Å²) in [4.78, 5) is 25.4. The zero-order chi connectivity index (χ0) is 18.2. The summed E-state index contributed by atoms with van der Waals surface area (Å²) in [7, 11) is 3.36. The highest BCUT2D eigenvalue weighted by Crippen LogP contribution is 2.13. The summed E-state index contributed by atoms with van der Waals surface area (Å²) in [6.45, 7) is 0.559. The number of likely N-dealkylation sites (N-methyl/N-ethyl adjacent to an activating group) is 1. The monoisotopic (exact) mass is 345 g/mol. The van der Waals surface area contributed by atoms with Crippen LogP contribution in [0.1, 0.15) is 5.56 Å². The van der Waals surface area contributed by atoms with Gasteiger partial charge in [-0.15, -0.1) is 0 Å². The molecule has 2 N–H and O–H groups in total. The molecule has 0 heterocycles. The molecule has 0 fully saturated rings. The van der Waals surface area contributed by atoms with Gasteiger partial charge in [0, 0.05) is 6.54 Å². The molecule has 3 amide bonds. The summed E-state index contributed by atoms with van der Waals surface area (Å²) in [6.07, 6.45) is 0. The zero-order valence-corrected chi connectivity index (χ0v) is 14.1. The second-order valence-corrected chi connectivity index (χ2v) is 5.50. The molecule has 0 atom stereocenters. The Morgan fingerprint density at radius 2 is 1.80 bits per heavy atom. The van der Waals surface area contributed by atoms with Gasteiger partial charge in [-0.3, -0.25) is 15.0 Å². The normalized spacial score (nSPS) is 10.4. The lowest BCUT2D eigenvalue weighted by atomic mass is 10.2. The number of ether oxygens (including phenoxy) is 1. The average Bonchev–Trinajstić information content (AvgIpc) is 2.57. The fourth-order valence-corrected chi connectivity index (χ4v) is 2.23. The number of anilines is 1. The van der Waals surface area contributed by atoms with Gasteiger partial charge in [0.15, 0.2) is 0 Å². The molecule has 7 heteroatoms. The van der Waals surface area contributed by atoms with Crippen molar-refractivity contribution in [3.8, 4) is 5.75 Å². The number of para-hydroxylation sites is 1. The molecule has 0 saturated heterocycles. The summed E-state index contributed by atoms with van der Waals surface area (Å²) in [5, 5.41) is 4.47. The molecule has 25 heavy (non-hydrogen) atoms. The molecule has 6 nitrogen and oxygen atoms in total. The van der Waals surface area contributed by atoms with Crippen molar-refractivity contribution in [3.05, 3.63) is 59.9 Å². The van der Waals surface area contributed by atoms with Gasteiger partial charge < -0.3 is 10.1 Å². The van der Waals surface area contributed by atoms with Gasteiger partial charge in [0.05, 0.1) is 19.3 Å². The van der Waals surface area contributed by atoms with E-state index in [2.05, 4.69) is 10.6 Å². The number of urea groups is 1. The molecular weight excluding hydrogens is 325 g/mol. The standard InChI is InChI=1S/C18H20FN3O3/c1-22(11-13-7-9-14(25-2)10-8-13)12-17(23)21-18(24)20-16-6-4-3-5-15(16)19/h3-10H,11-12H2,1-2H3,(H2,20,21,23,24). The van der Waals surface area contributed by atoms with Crippen molar-refractivity contribution in [2.24, 2.45) is 0 Å². The third-order valence-corrected chi connectivity index (χ3v) is 3.40. The SMILES string of the molecule is COc1ccc(CN(C)CC(=O)NC(=O)Nc2ccccc2F)cc1. The Morgan fingerprint density at radius 1 is 1.12 bits per heavy atom. The second kappa shape index (κ2) is 8.79. The van der Waals surface area contributed by atoms with E-state index in [0.717, 1.165) is 11.3 Å². The number of hydrogen-bond donors (Lipinski definition) is 2. The molecule has 2 rings (SSSR count). The van der Waals surface area contributed by atoms with Gasteiger partial charge in [-0.1, -0.05) is 24.3 Å². The Bertz CT molecular complexity index is 735. The topological polar surface area (TPSA) is 70.7 Å². The van der Waals surface area contributed by atoms with Crippen LogP contribution in [0.3, 0.4) is 0 Å². The van der Waals surface area contributed by atoms with Gasteiger partial charge in [-0.25, -0.2) is 9.18 Å². The molecule has 0 bridgehead atoms. The van der Waals surface area contributed by atoms with Crippen molar-refractivity contribution in [2.45, 2.75) is 6.54 Å². The number of benzene rings is 2. The van der Waals surface area contributed by atoms with E-state index in [1.165, 1.54) is 18.2 Å². The number of rotatable bonds is 6.